The van der Waals surface area contributed by atoms with E-state index in [1.807, 2.05) is 38.1 Å². The minimum absolute atomic E-state index is 0.127. The summed E-state index contributed by atoms with van der Waals surface area (Å²) in [7, 11) is 0. The fraction of sp³-hybridized carbons (Fsp3) is 0.130. The third-order valence-corrected chi connectivity index (χ3v) is 5.14. The van der Waals surface area contributed by atoms with Crippen LogP contribution in [0.1, 0.15) is 22.3 Å². The zero-order chi connectivity index (χ0) is 21.0. The Morgan fingerprint density at radius 1 is 1.10 bits per heavy atom. The highest BCUT2D eigenvalue weighted by Crippen LogP contribution is 2.20. The molecule has 0 saturated heterocycles. The van der Waals surface area contributed by atoms with E-state index in [1.165, 1.54) is 0 Å². The lowest BCUT2D eigenvalue weighted by Crippen LogP contribution is -2.40. The van der Waals surface area contributed by atoms with Crippen molar-refractivity contribution in [2.24, 2.45) is 0 Å². The number of aryl methyl sites for hydroxylation is 2. The summed E-state index contributed by atoms with van der Waals surface area (Å²) < 4.78 is 2.55. The molecule has 0 fully saturated rings. The molecule has 0 aliphatic rings. The number of nitrogens with one attached hydrogen (secondary N) is 1. The molecule has 3 aromatic rings. The van der Waals surface area contributed by atoms with Crippen LogP contribution in [0.25, 0.3) is 11.5 Å². The molecule has 0 radical (unpaired) electrons. The molecule has 0 bridgehead atoms. The van der Waals surface area contributed by atoms with Crippen molar-refractivity contribution in [3.8, 4) is 0 Å². The second-order valence-corrected chi connectivity index (χ2v) is 8.12. The molecule has 0 aliphatic carbocycles. The van der Waals surface area contributed by atoms with E-state index in [-0.39, 0.29) is 12.4 Å². The molecule has 3 rings (SSSR count). The summed E-state index contributed by atoms with van der Waals surface area (Å²) >= 11 is 9.04. The summed E-state index contributed by atoms with van der Waals surface area (Å²) in [5, 5.41) is 26.1. The molecule has 2 aromatic carbocycles. The molecule has 0 amide bonds. The summed E-state index contributed by atoms with van der Waals surface area (Å²) in [6, 6.07) is 16.8. The van der Waals surface area contributed by atoms with Gasteiger partial charge < -0.3 is 15.5 Å². The first-order chi connectivity index (χ1) is 13.9. The fourth-order valence-corrected chi connectivity index (χ4v) is 3.65. The third-order valence-electron chi connectivity index (χ3n) is 4.32. The van der Waals surface area contributed by atoms with Gasteiger partial charge in [-0.05, 0) is 66.6 Å². The molecule has 29 heavy (non-hydrogen) atoms. The number of nitrogens with zero attached hydrogens (tertiary/aromatic N) is 1. The van der Waals surface area contributed by atoms with Gasteiger partial charge in [0.25, 0.3) is 0 Å². The molecule has 148 valence electrons. The number of halogens is 1. The molecule has 1 aromatic heterocycles. The lowest BCUT2D eigenvalue weighted by atomic mass is 10.1. The summed E-state index contributed by atoms with van der Waals surface area (Å²) in [5.74, 6) is -0.209. The molecule has 0 aliphatic heterocycles. The second kappa shape index (κ2) is 9.31. The van der Waals surface area contributed by atoms with Gasteiger partial charge >= 0.3 is 0 Å². The van der Waals surface area contributed by atoms with Gasteiger partial charge in [0.1, 0.15) is 0 Å². The number of benzene rings is 2. The summed E-state index contributed by atoms with van der Waals surface area (Å²) in [4.78, 5) is 0.308. The number of pyridine rings is 1. The monoisotopic (exact) mass is 468 g/mol. The van der Waals surface area contributed by atoms with Crippen LogP contribution < -0.4 is 15.0 Å². The van der Waals surface area contributed by atoms with Gasteiger partial charge in [0.15, 0.2) is 17.4 Å². The lowest BCUT2D eigenvalue weighted by molar-refractivity contribution is -0.578. The maximum Gasteiger partial charge on any atom is 0.238 e. The van der Waals surface area contributed by atoms with Crippen molar-refractivity contribution >= 4 is 50.3 Å². The highest BCUT2D eigenvalue weighted by Gasteiger charge is 2.19. The van der Waals surface area contributed by atoms with Gasteiger partial charge in [-0.2, -0.15) is 4.57 Å². The quantitative estimate of drug-likeness (QED) is 0.257. The highest BCUT2D eigenvalue weighted by atomic mass is 79.9. The first-order valence-electron chi connectivity index (χ1n) is 9.05. The van der Waals surface area contributed by atoms with Crippen LogP contribution in [0.2, 0.25) is 0 Å². The van der Waals surface area contributed by atoms with Crippen LogP contribution >= 0.6 is 28.1 Å². The number of aliphatic hydroxyl groups excluding tert-OH is 1. The van der Waals surface area contributed by atoms with E-state index in [1.54, 1.807) is 41.2 Å². The Kier molecular flexibility index (Phi) is 6.79. The Hall–Kier alpha value is -2.54. The first-order valence-corrected chi connectivity index (χ1v) is 10.3. The molecule has 0 spiro atoms. The van der Waals surface area contributed by atoms with Crippen molar-refractivity contribution in [1.82, 2.24) is 0 Å². The largest absolute Gasteiger partial charge is 0.867 e. The predicted molar refractivity (Wildman–Crippen MR) is 122 cm³/mol. The predicted octanol–water partition coefficient (Wildman–Crippen LogP) is 3.97. The number of aromatic nitrogens is 1. The molecule has 0 unspecified atom stereocenters. The Labute approximate surface area is 184 Å². The van der Waals surface area contributed by atoms with Crippen molar-refractivity contribution < 1.29 is 14.8 Å². The van der Waals surface area contributed by atoms with E-state index < -0.39 is 0 Å². The molecular weight excluding hydrogens is 448 g/mol. The third kappa shape index (κ3) is 5.29. The normalized spacial score (nSPS) is 11.7. The van der Waals surface area contributed by atoms with Crippen molar-refractivity contribution in [3.63, 3.8) is 0 Å². The molecule has 6 heteroatoms. The van der Waals surface area contributed by atoms with E-state index in [0.29, 0.717) is 21.8 Å². The summed E-state index contributed by atoms with van der Waals surface area (Å²) in [6.07, 6.45) is 3.46. The maximum atomic E-state index is 13.4. The lowest BCUT2D eigenvalue weighted by Gasteiger charge is -2.17. The smallest absolute Gasteiger partial charge is 0.238 e. The van der Waals surface area contributed by atoms with E-state index in [2.05, 4.69) is 27.3 Å². The minimum Gasteiger partial charge on any atom is -0.867 e. The van der Waals surface area contributed by atoms with E-state index in [9.17, 15) is 10.2 Å². The van der Waals surface area contributed by atoms with Crippen LogP contribution in [-0.4, -0.2) is 10.1 Å². The van der Waals surface area contributed by atoms with Crippen molar-refractivity contribution in [2.75, 3.05) is 5.32 Å². The van der Waals surface area contributed by atoms with Gasteiger partial charge in [-0.15, -0.1) is 0 Å². The van der Waals surface area contributed by atoms with Crippen LogP contribution in [0.4, 0.5) is 5.69 Å². The zero-order valence-corrected chi connectivity index (χ0v) is 18.5. The van der Waals surface area contributed by atoms with Gasteiger partial charge in [-0.3, -0.25) is 0 Å². The Morgan fingerprint density at radius 2 is 1.76 bits per heavy atom. The SMILES string of the molecule is Cc1cc(C)cc(NC(=S)/C(=C(\[O-])c2ccc(Br)cc2)[n+]2cccc(CO)c2)c1. The van der Waals surface area contributed by atoms with Crippen LogP contribution in [0.15, 0.2) is 71.5 Å². The molecule has 4 nitrogen and oxygen atoms in total. The number of hydrogen-bond acceptors (Lipinski definition) is 3. The number of aliphatic hydroxyl groups is 1. The van der Waals surface area contributed by atoms with Crippen molar-refractivity contribution in [3.05, 3.63) is 93.7 Å². The highest BCUT2D eigenvalue weighted by molar-refractivity contribution is 9.10. The number of thiocarbonyl (C=S) groups is 1. The van der Waals surface area contributed by atoms with Crippen molar-refractivity contribution in [2.45, 2.75) is 20.5 Å². The number of rotatable bonds is 5. The van der Waals surface area contributed by atoms with Gasteiger partial charge in [0.05, 0.1) is 6.61 Å². The van der Waals surface area contributed by atoms with Gasteiger partial charge in [-0.25, -0.2) is 0 Å². The first kappa shape index (κ1) is 21.2. The average Bonchev–Trinajstić information content (AvgIpc) is 2.68. The molecule has 0 atom stereocenters. The molecule has 2 N–H and O–H groups in total. The fourth-order valence-electron chi connectivity index (χ4n) is 3.07. The van der Waals surface area contributed by atoms with Gasteiger partial charge in [0.2, 0.25) is 5.70 Å². The van der Waals surface area contributed by atoms with Crippen molar-refractivity contribution in [1.29, 1.82) is 0 Å². The van der Waals surface area contributed by atoms with Crippen LogP contribution in [0.3, 0.4) is 0 Å². The van der Waals surface area contributed by atoms with Gasteiger partial charge in [0, 0.05) is 21.8 Å². The van der Waals surface area contributed by atoms with Crippen LogP contribution in [0.5, 0.6) is 0 Å². The summed E-state index contributed by atoms with van der Waals surface area (Å²) in [6.45, 7) is 3.90. The minimum atomic E-state index is -0.209. The van der Waals surface area contributed by atoms with E-state index in [0.717, 1.165) is 21.3 Å². The maximum absolute atomic E-state index is 13.4. The molecule has 0 saturated carbocycles. The summed E-state index contributed by atoms with van der Waals surface area (Å²) in [5.41, 5.74) is 4.55. The number of hydrogen-bond donors (Lipinski definition) is 2. The topological polar surface area (TPSA) is 59.2 Å². The Morgan fingerprint density at radius 3 is 2.38 bits per heavy atom. The average molecular weight is 469 g/mol. The Bertz CT molecular complexity index is 1060. The standard InChI is InChI=1S/C23H21BrN2O2S/c1-15-10-16(2)12-20(11-15)25-23(29)21(26-9-3-4-17(13-26)14-27)22(28)18-5-7-19(24)8-6-18/h3-13,27H,14H2,1-2H3,(H-,25,28,29). The Balaban J connectivity index is 2.09. The zero-order valence-electron chi connectivity index (χ0n) is 16.1. The molecule has 1 heterocycles. The van der Waals surface area contributed by atoms with Gasteiger partial charge in [-0.1, -0.05) is 46.3 Å². The van der Waals surface area contributed by atoms with Crippen LogP contribution in [0, 0.1) is 13.8 Å². The second-order valence-electron chi connectivity index (χ2n) is 6.79. The van der Waals surface area contributed by atoms with E-state index >= 15 is 0 Å². The van der Waals surface area contributed by atoms with E-state index in [4.69, 9.17) is 12.2 Å². The van der Waals surface area contributed by atoms with Crippen LogP contribution in [-0.2, 0) is 6.61 Å². The molecular formula is C23H21BrN2O2S. The number of anilines is 1.